The van der Waals surface area contributed by atoms with E-state index in [4.69, 9.17) is 15.8 Å². The van der Waals surface area contributed by atoms with Gasteiger partial charge < -0.3 is 4.18 Å². The zero-order valence-electron chi connectivity index (χ0n) is 11.7. The third-order valence-corrected chi connectivity index (χ3v) is 4.63. The topological polar surface area (TPSA) is 86.5 Å². The van der Waals surface area contributed by atoms with Gasteiger partial charge in [-0.05, 0) is 43.2 Å². The lowest BCUT2D eigenvalue weighted by molar-refractivity contribution is -0.385. The third kappa shape index (κ3) is 3.37. The molecule has 0 heterocycles. The molecule has 0 aliphatic carbocycles. The van der Waals surface area contributed by atoms with Gasteiger partial charge in [-0.3, -0.25) is 10.1 Å². The SMILES string of the molecule is Cc1ccc(Cl)c(OS(=O)(=O)c2ccc([N+](=O)[O-])cc2C)c1. The summed E-state index contributed by atoms with van der Waals surface area (Å²) < 4.78 is 29.7. The van der Waals surface area contributed by atoms with Crippen LogP contribution < -0.4 is 4.18 Å². The lowest BCUT2D eigenvalue weighted by Crippen LogP contribution is -2.12. The summed E-state index contributed by atoms with van der Waals surface area (Å²) in [4.78, 5) is 9.96. The summed E-state index contributed by atoms with van der Waals surface area (Å²) in [6.07, 6.45) is 0. The first kappa shape index (κ1) is 16.3. The number of halogens is 1. The van der Waals surface area contributed by atoms with Crippen molar-refractivity contribution in [3.8, 4) is 5.75 Å². The Labute approximate surface area is 132 Å². The van der Waals surface area contributed by atoms with Gasteiger partial charge in [0.15, 0.2) is 5.75 Å². The molecule has 0 atom stereocenters. The Morgan fingerprint density at radius 3 is 2.41 bits per heavy atom. The van der Waals surface area contributed by atoms with Crippen LogP contribution in [-0.2, 0) is 10.1 Å². The fourth-order valence-electron chi connectivity index (χ4n) is 1.87. The zero-order valence-corrected chi connectivity index (χ0v) is 13.3. The van der Waals surface area contributed by atoms with E-state index in [1.54, 1.807) is 13.0 Å². The van der Waals surface area contributed by atoms with Crippen molar-refractivity contribution in [1.29, 1.82) is 0 Å². The second-order valence-corrected chi connectivity index (χ2v) is 6.60. The fraction of sp³-hybridized carbons (Fsp3) is 0.143. The molecule has 0 radical (unpaired) electrons. The highest BCUT2D eigenvalue weighted by Crippen LogP contribution is 2.30. The lowest BCUT2D eigenvalue weighted by Gasteiger charge is -2.11. The maximum Gasteiger partial charge on any atom is 0.339 e. The lowest BCUT2D eigenvalue weighted by atomic mass is 10.2. The molecule has 2 aromatic carbocycles. The molecule has 116 valence electrons. The van der Waals surface area contributed by atoms with Crippen molar-refractivity contribution in [3.63, 3.8) is 0 Å². The molecule has 0 N–H and O–H groups in total. The van der Waals surface area contributed by atoms with Gasteiger partial charge in [0.05, 0.1) is 9.95 Å². The average molecular weight is 342 g/mol. The van der Waals surface area contributed by atoms with Gasteiger partial charge in [0, 0.05) is 12.1 Å². The number of nitro benzene ring substituents is 1. The third-order valence-electron chi connectivity index (χ3n) is 2.92. The van der Waals surface area contributed by atoms with Crippen LogP contribution in [0.5, 0.6) is 5.75 Å². The highest BCUT2D eigenvalue weighted by molar-refractivity contribution is 7.87. The fourth-order valence-corrected chi connectivity index (χ4v) is 3.22. The monoisotopic (exact) mass is 341 g/mol. The summed E-state index contributed by atoms with van der Waals surface area (Å²) in [5, 5.41) is 10.9. The molecule has 0 spiro atoms. The number of non-ortho nitro benzene ring substituents is 1. The molecule has 0 bridgehead atoms. The zero-order chi connectivity index (χ0) is 16.5. The van der Waals surface area contributed by atoms with E-state index < -0.39 is 15.0 Å². The molecule has 0 aliphatic heterocycles. The van der Waals surface area contributed by atoms with E-state index in [2.05, 4.69) is 0 Å². The van der Waals surface area contributed by atoms with E-state index in [-0.39, 0.29) is 26.9 Å². The van der Waals surface area contributed by atoms with Crippen LogP contribution in [-0.4, -0.2) is 13.3 Å². The standard InChI is InChI=1S/C14H12ClNO5S/c1-9-3-5-12(15)13(7-9)21-22(19,20)14-6-4-11(16(17)18)8-10(14)2/h3-8H,1-2H3. The van der Waals surface area contributed by atoms with Crippen LogP contribution in [0.25, 0.3) is 0 Å². The van der Waals surface area contributed by atoms with Crippen molar-refractivity contribution in [2.45, 2.75) is 18.7 Å². The van der Waals surface area contributed by atoms with Gasteiger partial charge >= 0.3 is 10.1 Å². The first-order chi connectivity index (χ1) is 10.2. The van der Waals surface area contributed by atoms with Gasteiger partial charge in [0.1, 0.15) is 4.90 Å². The van der Waals surface area contributed by atoms with Crippen LogP contribution in [0.1, 0.15) is 11.1 Å². The predicted molar refractivity (Wildman–Crippen MR) is 81.8 cm³/mol. The molecule has 2 aromatic rings. The maximum absolute atomic E-state index is 12.3. The Balaban J connectivity index is 2.43. The van der Waals surface area contributed by atoms with Gasteiger partial charge in [-0.2, -0.15) is 8.42 Å². The van der Waals surface area contributed by atoms with Gasteiger partial charge in [-0.15, -0.1) is 0 Å². The second kappa shape index (κ2) is 5.94. The molecule has 0 aliphatic rings. The highest BCUT2D eigenvalue weighted by Gasteiger charge is 2.22. The molecule has 8 heteroatoms. The number of benzene rings is 2. The van der Waals surface area contributed by atoms with Crippen molar-refractivity contribution in [2.75, 3.05) is 0 Å². The smallest absolute Gasteiger partial charge is 0.339 e. The first-order valence-electron chi connectivity index (χ1n) is 6.16. The normalized spacial score (nSPS) is 11.2. The van der Waals surface area contributed by atoms with Crippen LogP contribution >= 0.6 is 11.6 Å². The summed E-state index contributed by atoms with van der Waals surface area (Å²) >= 11 is 5.92. The minimum absolute atomic E-state index is 0.0134. The summed E-state index contributed by atoms with van der Waals surface area (Å²) in [5.41, 5.74) is 0.818. The predicted octanol–water partition coefficient (Wildman–Crippen LogP) is 3.63. The Kier molecular flexibility index (Phi) is 4.39. The Bertz CT molecular complexity index is 848. The van der Waals surface area contributed by atoms with E-state index in [1.165, 1.54) is 25.1 Å². The van der Waals surface area contributed by atoms with Gasteiger partial charge in [-0.25, -0.2) is 0 Å². The molecule has 6 nitrogen and oxygen atoms in total. The summed E-state index contributed by atoms with van der Waals surface area (Å²) in [6.45, 7) is 3.23. The van der Waals surface area contributed by atoms with Gasteiger partial charge in [0.25, 0.3) is 5.69 Å². The first-order valence-corrected chi connectivity index (χ1v) is 7.95. The second-order valence-electron chi connectivity index (χ2n) is 4.68. The molecular weight excluding hydrogens is 330 g/mol. The molecule has 0 fully saturated rings. The van der Waals surface area contributed by atoms with Crippen LogP contribution in [0, 0.1) is 24.0 Å². The van der Waals surface area contributed by atoms with E-state index in [0.717, 1.165) is 17.7 Å². The van der Waals surface area contributed by atoms with Crippen molar-refractivity contribution >= 4 is 27.4 Å². The quantitative estimate of drug-likeness (QED) is 0.481. The molecule has 0 amide bonds. The van der Waals surface area contributed by atoms with Crippen molar-refractivity contribution in [3.05, 3.63) is 62.7 Å². The minimum atomic E-state index is -4.13. The van der Waals surface area contributed by atoms with Crippen LogP contribution in [0.4, 0.5) is 5.69 Å². The van der Waals surface area contributed by atoms with Crippen LogP contribution in [0.3, 0.4) is 0 Å². The molecule has 22 heavy (non-hydrogen) atoms. The van der Waals surface area contributed by atoms with E-state index >= 15 is 0 Å². The Morgan fingerprint density at radius 1 is 1.14 bits per heavy atom. The summed E-state index contributed by atoms with van der Waals surface area (Å²) in [6, 6.07) is 8.19. The van der Waals surface area contributed by atoms with Crippen molar-refractivity contribution in [2.24, 2.45) is 0 Å². The number of aryl methyl sites for hydroxylation is 2. The Hall–Kier alpha value is -2.12. The van der Waals surface area contributed by atoms with Gasteiger partial charge in [0.2, 0.25) is 0 Å². The number of nitrogens with zero attached hydrogens (tertiary/aromatic N) is 1. The highest BCUT2D eigenvalue weighted by atomic mass is 35.5. The number of rotatable bonds is 4. The molecule has 2 rings (SSSR count). The molecule has 0 saturated carbocycles. The maximum atomic E-state index is 12.3. The van der Waals surface area contributed by atoms with E-state index in [1.807, 2.05) is 0 Å². The largest absolute Gasteiger partial charge is 0.377 e. The van der Waals surface area contributed by atoms with E-state index in [9.17, 15) is 18.5 Å². The van der Waals surface area contributed by atoms with Crippen molar-refractivity contribution < 1.29 is 17.5 Å². The van der Waals surface area contributed by atoms with Crippen LogP contribution in [0.2, 0.25) is 5.02 Å². The number of nitro groups is 1. The summed E-state index contributed by atoms with van der Waals surface area (Å²) in [5.74, 6) is 0.0134. The van der Waals surface area contributed by atoms with Crippen molar-refractivity contribution in [1.82, 2.24) is 0 Å². The molecule has 0 aromatic heterocycles. The molecule has 0 saturated heterocycles. The molecular formula is C14H12ClNO5S. The number of hydrogen-bond donors (Lipinski definition) is 0. The van der Waals surface area contributed by atoms with Crippen LogP contribution in [0.15, 0.2) is 41.3 Å². The average Bonchev–Trinajstić information content (AvgIpc) is 2.42. The van der Waals surface area contributed by atoms with Gasteiger partial charge in [-0.1, -0.05) is 17.7 Å². The summed E-state index contributed by atoms with van der Waals surface area (Å²) in [7, 11) is -4.13. The minimum Gasteiger partial charge on any atom is -0.377 e. The Morgan fingerprint density at radius 2 is 1.82 bits per heavy atom. The molecule has 0 unspecified atom stereocenters. The number of hydrogen-bond acceptors (Lipinski definition) is 5. The van der Waals surface area contributed by atoms with E-state index in [0.29, 0.717) is 0 Å².